The van der Waals surface area contributed by atoms with Crippen LogP contribution in [0, 0.1) is 13.8 Å². The molecule has 0 heterocycles. The first-order chi connectivity index (χ1) is 8.90. The third kappa shape index (κ3) is 4.97. The maximum absolute atomic E-state index is 11.5. The van der Waals surface area contributed by atoms with Gasteiger partial charge in [0.25, 0.3) is 0 Å². The van der Waals surface area contributed by atoms with Crippen molar-refractivity contribution in [1.82, 2.24) is 5.43 Å². The summed E-state index contributed by atoms with van der Waals surface area (Å²) in [6, 6.07) is 4.84. The summed E-state index contributed by atoms with van der Waals surface area (Å²) in [5.41, 5.74) is 13.6. The van der Waals surface area contributed by atoms with E-state index in [1.165, 1.54) is 0 Å². The zero-order valence-electron chi connectivity index (χ0n) is 11.1. The highest BCUT2D eigenvalue weighted by Gasteiger charge is 2.13. The number of carbonyl (C=O) groups excluding carboxylic acids is 1. The van der Waals surface area contributed by atoms with E-state index in [1.54, 1.807) is 0 Å². The van der Waals surface area contributed by atoms with E-state index in [1.807, 2.05) is 32.0 Å². The van der Waals surface area contributed by atoms with E-state index in [9.17, 15) is 9.59 Å². The highest BCUT2D eigenvalue weighted by Crippen LogP contribution is 2.15. The van der Waals surface area contributed by atoms with Crippen molar-refractivity contribution in [1.29, 1.82) is 0 Å². The Hall–Kier alpha value is -2.08. The second-order valence-electron chi connectivity index (χ2n) is 4.47. The van der Waals surface area contributed by atoms with Gasteiger partial charge in [0.2, 0.25) is 5.91 Å². The van der Waals surface area contributed by atoms with Gasteiger partial charge < -0.3 is 10.8 Å². The van der Waals surface area contributed by atoms with Crippen molar-refractivity contribution in [2.75, 3.05) is 5.43 Å². The standard InChI is InChI=1S/C13H19N3O3/c1-8-3-4-9(2)11(7-8)15-16-12(17)6-5-10(14)13(18)19/h3-4,7,10,15H,5-6,14H2,1-2H3,(H,16,17)(H,18,19). The fourth-order valence-corrected chi connectivity index (χ4v) is 1.48. The number of anilines is 1. The molecule has 0 saturated carbocycles. The van der Waals surface area contributed by atoms with Gasteiger partial charge in [-0.3, -0.25) is 20.4 Å². The molecular weight excluding hydrogens is 246 g/mol. The zero-order valence-corrected chi connectivity index (χ0v) is 11.1. The number of carboxylic acid groups (broad SMARTS) is 1. The van der Waals surface area contributed by atoms with Crippen LogP contribution in [0.1, 0.15) is 24.0 Å². The molecule has 0 fully saturated rings. The smallest absolute Gasteiger partial charge is 0.320 e. The molecule has 1 aromatic carbocycles. The maximum atomic E-state index is 11.5. The predicted octanol–water partition coefficient (Wildman–Crippen LogP) is 0.939. The van der Waals surface area contributed by atoms with E-state index in [0.717, 1.165) is 16.8 Å². The molecule has 0 aliphatic rings. The van der Waals surface area contributed by atoms with Gasteiger partial charge in [-0.2, -0.15) is 0 Å². The average Bonchev–Trinajstić information content (AvgIpc) is 2.36. The first-order valence-corrected chi connectivity index (χ1v) is 6.00. The van der Waals surface area contributed by atoms with Crippen LogP contribution in [0.3, 0.4) is 0 Å². The van der Waals surface area contributed by atoms with Crippen LogP contribution in [0.25, 0.3) is 0 Å². The number of nitrogens with two attached hydrogens (primary N) is 1. The Bertz CT molecular complexity index is 474. The molecule has 0 saturated heterocycles. The summed E-state index contributed by atoms with van der Waals surface area (Å²) in [5.74, 6) is -1.40. The lowest BCUT2D eigenvalue weighted by molar-refractivity contribution is -0.138. The monoisotopic (exact) mass is 265 g/mol. The van der Waals surface area contributed by atoms with E-state index < -0.39 is 12.0 Å². The van der Waals surface area contributed by atoms with Crippen molar-refractivity contribution in [2.45, 2.75) is 32.7 Å². The van der Waals surface area contributed by atoms with Crippen molar-refractivity contribution >= 4 is 17.6 Å². The second kappa shape index (κ2) is 6.75. The molecule has 1 atom stereocenters. The highest BCUT2D eigenvalue weighted by molar-refractivity contribution is 5.79. The zero-order chi connectivity index (χ0) is 14.4. The number of hydrogen-bond acceptors (Lipinski definition) is 4. The Morgan fingerprint density at radius 3 is 2.68 bits per heavy atom. The summed E-state index contributed by atoms with van der Waals surface area (Å²) in [6.07, 6.45) is 0.168. The Labute approximate surface area is 112 Å². The summed E-state index contributed by atoms with van der Waals surface area (Å²) in [6.45, 7) is 3.88. The summed E-state index contributed by atoms with van der Waals surface area (Å²) >= 11 is 0. The van der Waals surface area contributed by atoms with Crippen LogP contribution >= 0.6 is 0 Å². The fraction of sp³-hybridized carbons (Fsp3) is 0.385. The molecule has 0 aromatic heterocycles. The Balaban J connectivity index is 2.42. The molecule has 1 amide bonds. The number of rotatable bonds is 6. The number of aryl methyl sites for hydroxylation is 2. The van der Waals surface area contributed by atoms with E-state index in [0.29, 0.717) is 0 Å². The van der Waals surface area contributed by atoms with Crippen LogP contribution in [0.5, 0.6) is 0 Å². The van der Waals surface area contributed by atoms with Crippen molar-refractivity contribution < 1.29 is 14.7 Å². The Kier molecular flexibility index (Phi) is 5.32. The number of aliphatic carboxylic acids is 1. The molecule has 19 heavy (non-hydrogen) atoms. The largest absolute Gasteiger partial charge is 0.480 e. The van der Waals surface area contributed by atoms with E-state index >= 15 is 0 Å². The Morgan fingerprint density at radius 1 is 1.37 bits per heavy atom. The van der Waals surface area contributed by atoms with E-state index in [4.69, 9.17) is 10.8 Å². The van der Waals surface area contributed by atoms with Gasteiger partial charge in [-0.15, -0.1) is 0 Å². The van der Waals surface area contributed by atoms with Crippen LogP contribution < -0.4 is 16.6 Å². The summed E-state index contributed by atoms with van der Waals surface area (Å²) < 4.78 is 0. The van der Waals surface area contributed by atoms with Gasteiger partial charge in [0, 0.05) is 6.42 Å². The number of carbonyl (C=O) groups is 2. The first-order valence-electron chi connectivity index (χ1n) is 6.00. The van der Waals surface area contributed by atoms with Crippen molar-refractivity contribution in [3.8, 4) is 0 Å². The average molecular weight is 265 g/mol. The Morgan fingerprint density at radius 2 is 2.05 bits per heavy atom. The molecule has 6 heteroatoms. The number of hydrogen-bond donors (Lipinski definition) is 4. The minimum atomic E-state index is -1.10. The third-order valence-electron chi connectivity index (χ3n) is 2.73. The van der Waals surface area contributed by atoms with Crippen LogP contribution in [0.4, 0.5) is 5.69 Å². The molecule has 0 aliphatic heterocycles. The van der Waals surface area contributed by atoms with Gasteiger partial charge in [0.15, 0.2) is 0 Å². The fourth-order valence-electron chi connectivity index (χ4n) is 1.48. The van der Waals surface area contributed by atoms with Gasteiger partial charge in [-0.1, -0.05) is 12.1 Å². The topological polar surface area (TPSA) is 104 Å². The summed E-state index contributed by atoms with van der Waals surface area (Å²) in [7, 11) is 0. The lowest BCUT2D eigenvalue weighted by Gasteiger charge is -2.12. The van der Waals surface area contributed by atoms with Crippen LogP contribution in [-0.4, -0.2) is 23.0 Å². The molecule has 6 nitrogen and oxygen atoms in total. The molecule has 104 valence electrons. The van der Waals surface area contributed by atoms with E-state index in [-0.39, 0.29) is 18.7 Å². The minimum Gasteiger partial charge on any atom is -0.480 e. The van der Waals surface area contributed by atoms with Gasteiger partial charge in [-0.25, -0.2) is 0 Å². The molecule has 5 N–H and O–H groups in total. The van der Waals surface area contributed by atoms with Crippen molar-refractivity contribution in [2.24, 2.45) is 5.73 Å². The molecule has 0 aliphatic carbocycles. The van der Waals surface area contributed by atoms with Gasteiger partial charge >= 0.3 is 5.97 Å². The number of nitrogens with one attached hydrogen (secondary N) is 2. The van der Waals surface area contributed by atoms with Gasteiger partial charge in [-0.05, 0) is 37.5 Å². The quantitative estimate of drug-likeness (QED) is 0.573. The van der Waals surface area contributed by atoms with Crippen molar-refractivity contribution in [3.63, 3.8) is 0 Å². The molecular formula is C13H19N3O3. The van der Waals surface area contributed by atoms with Gasteiger partial charge in [0.1, 0.15) is 6.04 Å². The minimum absolute atomic E-state index is 0.0608. The number of hydrazine groups is 1. The predicted molar refractivity (Wildman–Crippen MR) is 72.5 cm³/mol. The molecule has 1 aromatic rings. The highest BCUT2D eigenvalue weighted by atomic mass is 16.4. The number of carboxylic acids is 1. The third-order valence-corrected chi connectivity index (χ3v) is 2.73. The number of benzene rings is 1. The number of amides is 1. The van der Waals surface area contributed by atoms with E-state index in [2.05, 4.69) is 10.9 Å². The van der Waals surface area contributed by atoms with Crippen LogP contribution in [0.2, 0.25) is 0 Å². The molecule has 0 spiro atoms. The first kappa shape index (κ1) is 15.0. The maximum Gasteiger partial charge on any atom is 0.320 e. The summed E-state index contributed by atoms with van der Waals surface area (Å²) in [5, 5.41) is 8.60. The van der Waals surface area contributed by atoms with Crippen molar-refractivity contribution in [3.05, 3.63) is 29.3 Å². The molecule has 1 unspecified atom stereocenters. The summed E-state index contributed by atoms with van der Waals surface area (Å²) in [4.78, 5) is 22.0. The molecule has 0 radical (unpaired) electrons. The van der Waals surface area contributed by atoms with Gasteiger partial charge in [0.05, 0.1) is 5.69 Å². The molecule has 0 bridgehead atoms. The van der Waals surface area contributed by atoms with Crippen LogP contribution in [0.15, 0.2) is 18.2 Å². The lowest BCUT2D eigenvalue weighted by atomic mass is 10.1. The normalized spacial score (nSPS) is 11.7. The second-order valence-corrected chi connectivity index (χ2v) is 4.47. The lowest BCUT2D eigenvalue weighted by Crippen LogP contribution is -2.34. The SMILES string of the molecule is Cc1ccc(C)c(NNC(=O)CCC(N)C(=O)O)c1. The molecule has 1 rings (SSSR count). The van der Waals surface area contributed by atoms with Crippen LogP contribution in [-0.2, 0) is 9.59 Å².